The molecule has 0 radical (unpaired) electrons. The molecule has 10 heteroatoms. The van der Waals surface area contributed by atoms with Gasteiger partial charge in [0.05, 0.1) is 14.2 Å². The average Bonchev–Trinajstić information content (AvgIpc) is 3.35. The van der Waals surface area contributed by atoms with Gasteiger partial charge in [-0.15, -0.1) is 10.2 Å². The topological polar surface area (TPSA) is 111 Å². The summed E-state index contributed by atoms with van der Waals surface area (Å²) in [5.41, 5.74) is 1.59. The van der Waals surface area contributed by atoms with Crippen LogP contribution in [0.5, 0.6) is 11.5 Å². The number of carbonyl (C=O) groups excluding carboxylic acids is 2. The third kappa shape index (κ3) is 7.03. The highest BCUT2D eigenvalue weighted by molar-refractivity contribution is 5.87. The first-order valence-corrected chi connectivity index (χ1v) is 11.9. The highest BCUT2D eigenvalue weighted by Gasteiger charge is 2.27. The highest BCUT2D eigenvalue weighted by Crippen LogP contribution is 2.30. The molecule has 10 nitrogen and oxygen atoms in total. The summed E-state index contributed by atoms with van der Waals surface area (Å²) in [4.78, 5) is 29.0. The minimum atomic E-state index is -0.668. The zero-order valence-corrected chi connectivity index (χ0v) is 21.5. The first kappa shape index (κ1) is 26.7. The van der Waals surface area contributed by atoms with Crippen molar-refractivity contribution in [1.29, 1.82) is 0 Å². The van der Waals surface area contributed by atoms with Crippen molar-refractivity contribution in [3.05, 3.63) is 54.1 Å². The Bertz CT molecular complexity index is 1150. The van der Waals surface area contributed by atoms with Crippen LogP contribution in [0.2, 0.25) is 0 Å². The lowest BCUT2D eigenvalue weighted by molar-refractivity contribution is -0.141. The average molecular weight is 495 g/mol. The molecule has 36 heavy (non-hydrogen) atoms. The van der Waals surface area contributed by atoms with E-state index in [2.05, 4.69) is 34.6 Å². The summed E-state index contributed by atoms with van der Waals surface area (Å²) < 4.78 is 10.6. The van der Waals surface area contributed by atoms with E-state index in [9.17, 15) is 9.59 Å². The van der Waals surface area contributed by atoms with Crippen molar-refractivity contribution in [1.82, 2.24) is 30.4 Å². The Morgan fingerprint density at radius 3 is 2.42 bits per heavy atom. The van der Waals surface area contributed by atoms with Crippen molar-refractivity contribution < 1.29 is 19.1 Å². The van der Waals surface area contributed by atoms with Gasteiger partial charge in [-0.3, -0.25) is 9.59 Å². The number of ether oxygens (including phenoxy) is 2. The predicted molar refractivity (Wildman–Crippen MR) is 135 cm³/mol. The van der Waals surface area contributed by atoms with E-state index in [1.54, 1.807) is 44.2 Å². The molecule has 0 saturated carbocycles. The van der Waals surface area contributed by atoms with Crippen molar-refractivity contribution in [2.24, 2.45) is 5.92 Å². The van der Waals surface area contributed by atoms with E-state index < -0.39 is 6.04 Å². The molecule has 3 rings (SSSR count). The molecule has 0 unspecified atom stereocenters. The maximum atomic E-state index is 13.4. The molecule has 0 bridgehead atoms. The molecule has 192 valence electrons. The third-order valence-corrected chi connectivity index (χ3v) is 5.76. The number of methoxy groups -OCH3 is 2. The maximum absolute atomic E-state index is 13.4. The smallest absolute Gasteiger partial charge is 0.247 e. The van der Waals surface area contributed by atoms with Gasteiger partial charge in [0.2, 0.25) is 17.6 Å². The number of nitrogens with one attached hydrogen (secondary N) is 1. The van der Waals surface area contributed by atoms with Gasteiger partial charge in [0, 0.05) is 18.7 Å². The Morgan fingerprint density at radius 2 is 1.75 bits per heavy atom. The summed E-state index contributed by atoms with van der Waals surface area (Å²) in [6, 6.07) is 14.2. The largest absolute Gasteiger partial charge is 0.493 e. The number of hydrogen-bond donors (Lipinski definition) is 1. The van der Waals surface area contributed by atoms with Crippen molar-refractivity contribution in [2.45, 2.75) is 46.3 Å². The molecule has 1 aromatic heterocycles. The standard InChI is InChI=1S/C26H34N6O4/c1-18(2)13-14-27-26(34)19(3)31(16-20-9-7-6-8-10-20)24(33)17-32-29-25(28-30-32)21-11-12-22(35-4)23(15-21)36-5/h6-12,15,18-19H,13-14,16-17H2,1-5H3,(H,27,34)/t19-/m1/s1. The first-order chi connectivity index (χ1) is 17.3. The van der Waals surface area contributed by atoms with E-state index in [0.29, 0.717) is 35.3 Å². The number of aromatic nitrogens is 4. The van der Waals surface area contributed by atoms with Crippen molar-refractivity contribution >= 4 is 11.8 Å². The van der Waals surface area contributed by atoms with Gasteiger partial charge in [-0.25, -0.2) is 0 Å². The molecule has 0 aliphatic carbocycles. The second-order valence-electron chi connectivity index (χ2n) is 8.87. The summed E-state index contributed by atoms with van der Waals surface area (Å²) in [5, 5.41) is 15.4. The quantitative estimate of drug-likeness (QED) is 0.412. The van der Waals surface area contributed by atoms with Gasteiger partial charge in [0.15, 0.2) is 11.5 Å². The Morgan fingerprint density at radius 1 is 1.03 bits per heavy atom. The SMILES string of the molecule is COc1ccc(-c2nnn(CC(=O)N(Cc3ccccc3)[C@H](C)C(=O)NCCC(C)C)n2)cc1OC. The second-order valence-corrected chi connectivity index (χ2v) is 8.87. The Balaban J connectivity index is 1.76. The lowest BCUT2D eigenvalue weighted by Gasteiger charge is -2.28. The van der Waals surface area contributed by atoms with Crippen molar-refractivity contribution in [3.8, 4) is 22.9 Å². The molecular formula is C26H34N6O4. The van der Waals surface area contributed by atoms with Crippen LogP contribution in [-0.2, 0) is 22.7 Å². The molecule has 2 amide bonds. The lowest BCUT2D eigenvalue weighted by atomic mass is 10.1. The maximum Gasteiger partial charge on any atom is 0.247 e. The summed E-state index contributed by atoms with van der Waals surface area (Å²) in [6.07, 6.45) is 0.868. The van der Waals surface area contributed by atoms with Gasteiger partial charge in [-0.2, -0.15) is 4.80 Å². The fraction of sp³-hybridized carbons (Fsp3) is 0.423. The summed E-state index contributed by atoms with van der Waals surface area (Å²) in [7, 11) is 3.11. The number of amides is 2. The van der Waals surface area contributed by atoms with Gasteiger partial charge in [-0.1, -0.05) is 44.2 Å². The fourth-order valence-corrected chi connectivity index (χ4v) is 3.61. The van der Waals surface area contributed by atoms with E-state index in [1.807, 2.05) is 30.3 Å². The van der Waals surface area contributed by atoms with Crippen LogP contribution in [0, 0.1) is 5.92 Å². The van der Waals surface area contributed by atoms with Gasteiger partial charge < -0.3 is 19.7 Å². The number of tetrazole rings is 1. The zero-order valence-electron chi connectivity index (χ0n) is 21.5. The van der Waals surface area contributed by atoms with Crippen LogP contribution < -0.4 is 14.8 Å². The normalized spacial score (nSPS) is 11.7. The second kappa shape index (κ2) is 12.7. The molecule has 3 aromatic rings. The molecule has 0 fully saturated rings. The van der Waals surface area contributed by atoms with Gasteiger partial charge in [0.1, 0.15) is 12.6 Å². The van der Waals surface area contributed by atoms with E-state index >= 15 is 0 Å². The van der Waals surface area contributed by atoms with Crippen molar-refractivity contribution in [2.75, 3.05) is 20.8 Å². The number of nitrogens with zero attached hydrogens (tertiary/aromatic N) is 5. The number of hydrogen-bond acceptors (Lipinski definition) is 7. The van der Waals surface area contributed by atoms with Gasteiger partial charge in [0.25, 0.3) is 0 Å². The van der Waals surface area contributed by atoms with Crippen LogP contribution in [0.15, 0.2) is 48.5 Å². The van der Waals surface area contributed by atoms with E-state index in [-0.39, 0.29) is 24.9 Å². The van der Waals surface area contributed by atoms with Crippen LogP contribution in [0.4, 0.5) is 0 Å². The summed E-state index contributed by atoms with van der Waals surface area (Å²) in [6.45, 7) is 6.62. The van der Waals surface area contributed by atoms with Crippen molar-refractivity contribution in [3.63, 3.8) is 0 Å². The number of carbonyl (C=O) groups is 2. The minimum absolute atomic E-state index is 0.156. The molecule has 0 aliphatic rings. The van der Waals surface area contributed by atoms with Crippen LogP contribution in [0.1, 0.15) is 32.8 Å². The minimum Gasteiger partial charge on any atom is -0.493 e. The zero-order chi connectivity index (χ0) is 26.1. The Kier molecular flexibility index (Phi) is 9.38. The van der Waals surface area contributed by atoms with E-state index in [4.69, 9.17) is 9.47 Å². The monoisotopic (exact) mass is 494 g/mol. The molecule has 0 spiro atoms. The lowest BCUT2D eigenvalue weighted by Crippen LogP contribution is -2.49. The molecule has 0 aliphatic heterocycles. The fourth-order valence-electron chi connectivity index (χ4n) is 3.61. The molecule has 2 aromatic carbocycles. The van der Waals surface area contributed by atoms with Gasteiger partial charge in [-0.05, 0) is 48.2 Å². The molecule has 0 saturated heterocycles. The first-order valence-electron chi connectivity index (χ1n) is 11.9. The van der Waals surface area contributed by atoms with Gasteiger partial charge >= 0.3 is 0 Å². The Hall–Kier alpha value is -3.95. The summed E-state index contributed by atoms with van der Waals surface area (Å²) in [5.74, 6) is 1.45. The number of rotatable bonds is 12. The molecule has 1 atom stereocenters. The predicted octanol–water partition coefficient (Wildman–Crippen LogP) is 2.94. The molecule has 1 heterocycles. The molecular weight excluding hydrogens is 460 g/mol. The third-order valence-electron chi connectivity index (χ3n) is 5.76. The van der Waals surface area contributed by atoms with Crippen LogP contribution in [-0.4, -0.2) is 63.7 Å². The molecule has 1 N–H and O–H groups in total. The van der Waals surface area contributed by atoms with Crippen LogP contribution in [0.25, 0.3) is 11.4 Å². The van der Waals surface area contributed by atoms with Crippen LogP contribution >= 0.6 is 0 Å². The highest BCUT2D eigenvalue weighted by atomic mass is 16.5. The van der Waals surface area contributed by atoms with E-state index in [0.717, 1.165) is 12.0 Å². The van der Waals surface area contributed by atoms with Crippen LogP contribution in [0.3, 0.4) is 0 Å². The van der Waals surface area contributed by atoms with E-state index in [1.165, 1.54) is 4.80 Å². The Labute approximate surface area is 211 Å². The summed E-state index contributed by atoms with van der Waals surface area (Å²) >= 11 is 0. The number of benzene rings is 2.